The van der Waals surface area contributed by atoms with Gasteiger partial charge >= 0.3 is 0 Å². The Bertz CT molecular complexity index is 499. The maximum atomic E-state index is 12.0. The Morgan fingerprint density at radius 2 is 2.10 bits per heavy atom. The van der Waals surface area contributed by atoms with Crippen molar-refractivity contribution in [3.63, 3.8) is 0 Å². The van der Waals surface area contributed by atoms with Crippen molar-refractivity contribution >= 4 is 22.4 Å². The third kappa shape index (κ3) is 5.59. The van der Waals surface area contributed by atoms with E-state index >= 15 is 0 Å². The van der Waals surface area contributed by atoms with E-state index in [0.717, 1.165) is 17.0 Å². The summed E-state index contributed by atoms with van der Waals surface area (Å²) >= 11 is 0. The molecule has 1 aliphatic rings. The molecule has 0 saturated heterocycles. The maximum absolute atomic E-state index is 12.0. The minimum Gasteiger partial charge on any atom is -0.326 e. The fourth-order valence-electron chi connectivity index (χ4n) is 2.73. The van der Waals surface area contributed by atoms with Gasteiger partial charge in [-0.15, -0.1) is 0 Å². The van der Waals surface area contributed by atoms with Crippen molar-refractivity contribution in [1.29, 1.82) is 0 Å². The lowest BCUT2D eigenvalue weighted by atomic mass is 10.1. The molecule has 0 heterocycles. The van der Waals surface area contributed by atoms with Crippen molar-refractivity contribution < 1.29 is 9.00 Å². The zero-order chi connectivity index (χ0) is 15.1. The molecular formula is C16H24N2O2S. The number of anilines is 1. The second kappa shape index (κ2) is 8.29. The molecule has 1 aromatic rings. The maximum Gasteiger partial charge on any atom is 0.225 e. The molecule has 2 rings (SSSR count). The third-order valence-electron chi connectivity index (χ3n) is 3.90. The molecule has 0 aromatic heterocycles. The highest BCUT2D eigenvalue weighted by atomic mass is 32.2. The lowest BCUT2D eigenvalue weighted by molar-refractivity contribution is -0.115. The van der Waals surface area contributed by atoms with Gasteiger partial charge in [0.2, 0.25) is 5.91 Å². The van der Waals surface area contributed by atoms with Crippen LogP contribution >= 0.6 is 0 Å². The van der Waals surface area contributed by atoms with E-state index in [4.69, 9.17) is 5.73 Å². The van der Waals surface area contributed by atoms with Gasteiger partial charge in [-0.1, -0.05) is 25.0 Å². The zero-order valence-corrected chi connectivity index (χ0v) is 13.2. The Balaban J connectivity index is 1.72. The molecule has 5 heteroatoms. The second-order valence-electron chi connectivity index (χ2n) is 5.66. The van der Waals surface area contributed by atoms with Gasteiger partial charge < -0.3 is 11.1 Å². The largest absolute Gasteiger partial charge is 0.326 e. The molecule has 1 aliphatic carbocycles. The number of amides is 1. The van der Waals surface area contributed by atoms with Crippen LogP contribution in [0.15, 0.2) is 24.3 Å². The van der Waals surface area contributed by atoms with E-state index in [1.165, 1.54) is 25.7 Å². The number of carbonyl (C=O) groups excluding carboxylic acids is 1. The second-order valence-corrected chi connectivity index (χ2v) is 7.29. The van der Waals surface area contributed by atoms with Gasteiger partial charge in [-0.25, -0.2) is 0 Å². The van der Waals surface area contributed by atoms with E-state index in [1.54, 1.807) is 0 Å². The molecule has 0 spiro atoms. The first-order valence-electron chi connectivity index (χ1n) is 7.61. The summed E-state index contributed by atoms with van der Waals surface area (Å²) in [4.78, 5) is 11.9. The summed E-state index contributed by atoms with van der Waals surface area (Å²) < 4.78 is 12.0. The number of benzene rings is 1. The minimum absolute atomic E-state index is 0.0797. The van der Waals surface area contributed by atoms with Gasteiger partial charge in [-0.05, 0) is 36.5 Å². The van der Waals surface area contributed by atoms with Gasteiger partial charge in [0.15, 0.2) is 0 Å². The molecule has 1 fully saturated rings. The van der Waals surface area contributed by atoms with Gasteiger partial charge in [0.05, 0.1) is 0 Å². The van der Waals surface area contributed by atoms with Crippen LogP contribution in [-0.2, 0) is 22.1 Å². The number of rotatable bonds is 7. The Morgan fingerprint density at radius 1 is 1.33 bits per heavy atom. The van der Waals surface area contributed by atoms with E-state index in [0.29, 0.717) is 24.6 Å². The zero-order valence-electron chi connectivity index (χ0n) is 12.3. The van der Waals surface area contributed by atoms with E-state index < -0.39 is 10.8 Å². The molecule has 1 amide bonds. The molecule has 1 saturated carbocycles. The predicted molar refractivity (Wildman–Crippen MR) is 87.4 cm³/mol. The van der Waals surface area contributed by atoms with Gasteiger partial charge in [0.25, 0.3) is 0 Å². The molecule has 0 bridgehead atoms. The standard InChI is InChI=1S/C16H24N2O2S/c17-11-14-6-3-7-15(10-14)18-16(19)8-9-21(20)12-13-4-1-2-5-13/h3,6-7,10,13H,1-2,4-5,8-9,11-12,17H2,(H,18,19). The third-order valence-corrected chi connectivity index (χ3v) is 5.40. The van der Waals surface area contributed by atoms with Crippen LogP contribution < -0.4 is 11.1 Å². The van der Waals surface area contributed by atoms with Crippen molar-refractivity contribution in [2.45, 2.75) is 38.6 Å². The number of nitrogens with two attached hydrogens (primary N) is 1. The molecule has 1 unspecified atom stereocenters. The smallest absolute Gasteiger partial charge is 0.225 e. The number of nitrogens with one attached hydrogen (secondary N) is 1. The number of hydrogen-bond donors (Lipinski definition) is 2. The molecule has 116 valence electrons. The summed E-state index contributed by atoms with van der Waals surface area (Å²) in [6.45, 7) is 0.453. The quantitative estimate of drug-likeness (QED) is 0.812. The highest BCUT2D eigenvalue weighted by molar-refractivity contribution is 7.85. The Kier molecular flexibility index (Phi) is 6.39. The summed E-state index contributed by atoms with van der Waals surface area (Å²) in [6.07, 6.45) is 5.24. The Hall–Kier alpha value is -1.20. The molecule has 1 aromatic carbocycles. The number of hydrogen-bond acceptors (Lipinski definition) is 3. The van der Waals surface area contributed by atoms with Crippen LogP contribution in [0, 0.1) is 5.92 Å². The van der Waals surface area contributed by atoms with Crippen LogP contribution in [0.2, 0.25) is 0 Å². The topological polar surface area (TPSA) is 72.2 Å². The van der Waals surface area contributed by atoms with E-state index in [2.05, 4.69) is 5.32 Å². The normalized spacial score (nSPS) is 16.8. The number of carbonyl (C=O) groups is 1. The fraction of sp³-hybridized carbons (Fsp3) is 0.562. The fourth-order valence-corrected chi connectivity index (χ4v) is 4.17. The van der Waals surface area contributed by atoms with Crippen molar-refractivity contribution in [3.05, 3.63) is 29.8 Å². The first-order valence-corrected chi connectivity index (χ1v) is 9.10. The van der Waals surface area contributed by atoms with Gasteiger partial charge in [0, 0.05) is 41.0 Å². The van der Waals surface area contributed by atoms with Crippen LogP contribution in [0.3, 0.4) is 0 Å². The lowest BCUT2D eigenvalue weighted by Gasteiger charge is -2.09. The highest BCUT2D eigenvalue weighted by Crippen LogP contribution is 2.25. The van der Waals surface area contributed by atoms with Gasteiger partial charge in [0.1, 0.15) is 0 Å². The van der Waals surface area contributed by atoms with E-state index in [1.807, 2.05) is 24.3 Å². The molecular weight excluding hydrogens is 284 g/mol. The van der Waals surface area contributed by atoms with Crippen molar-refractivity contribution in [2.24, 2.45) is 11.7 Å². The van der Waals surface area contributed by atoms with Gasteiger partial charge in [-0.3, -0.25) is 9.00 Å². The predicted octanol–water partition coefficient (Wildman–Crippen LogP) is 2.41. The Morgan fingerprint density at radius 3 is 2.81 bits per heavy atom. The van der Waals surface area contributed by atoms with Crippen molar-refractivity contribution in [1.82, 2.24) is 0 Å². The molecule has 0 radical (unpaired) electrons. The Labute approximate surface area is 129 Å². The molecule has 21 heavy (non-hydrogen) atoms. The summed E-state index contributed by atoms with van der Waals surface area (Å²) in [7, 11) is -0.875. The molecule has 1 atom stereocenters. The van der Waals surface area contributed by atoms with Crippen LogP contribution in [0.1, 0.15) is 37.7 Å². The SMILES string of the molecule is NCc1cccc(NC(=O)CCS(=O)CC2CCCC2)c1. The van der Waals surface area contributed by atoms with E-state index in [9.17, 15) is 9.00 Å². The average Bonchev–Trinajstić information content (AvgIpc) is 2.98. The molecule has 4 nitrogen and oxygen atoms in total. The summed E-state index contributed by atoms with van der Waals surface area (Å²) in [5.74, 6) is 1.74. The van der Waals surface area contributed by atoms with Crippen molar-refractivity contribution in [3.8, 4) is 0 Å². The molecule has 3 N–H and O–H groups in total. The summed E-state index contributed by atoms with van der Waals surface area (Å²) in [6, 6.07) is 7.50. The summed E-state index contributed by atoms with van der Waals surface area (Å²) in [5.41, 5.74) is 7.31. The van der Waals surface area contributed by atoms with Crippen LogP contribution in [-0.4, -0.2) is 21.6 Å². The van der Waals surface area contributed by atoms with Crippen LogP contribution in [0.25, 0.3) is 0 Å². The first-order chi connectivity index (χ1) is 10.2. The first kappa shape index (κ1) is 16.2. The average molecular weight is 308 g/mol. The lowest BCUT2D eigenvalue weighted by Crippen LogP contribution is -2.17. The van der Waals surface area contributed by atoms with Crippen LogP contribution in [0.4, 0.5) is 5.69 Å². The van der Waals surface area contributed by atoms with Crippen LogP contribution in [0.5, 0.6) is 0 Å². The van der Waals surface area contributed by atoms with E-state index in [-0.39, 0.29) is 5.91 Å². The molecule has 0 aliphatic heterocycles. The summed E-state index contributed by atoms with van der Waals surface area (Å²) in [5, 5.41) is 2.84. The highest BCUT2D eigenvalue weighted by Gasteiger charge is 2.18. The monoisotopic (exact) mass is 308 g/mol. The minimum atomic E-state index is -0.875. The van der Waals surface area contributed by atoms with Gasteiger partial charge in [-0.2, -0.15) is 0 Å². The van der Waals surface area contributed by atoms with Crippen molar-refractivity contribution in [2.75, 3.05) is 16.8 Å².